The Morgan fingerprint density at radius 2 is 2.03 bits per heavy atom. The minimum absolute atomic E-state index is 0.360. The molecule has 5 rings (SSSR count). The van der Waals surface area contributed by atoms with E-state index in [1.807, 2.05) is 66.2 Å². The van der Waals surface area contributed by atoms with Crippen LogP contribution in [0.1, 0.15) is 28.3 Å². The summed E-state index contributed by atoms with van der Waals surface area (Å²) in [7, 11) is 1.35. The number of halogens is 1. The molecule has 2 aromatic carbocycles. The number of thiophene rings is 1. The number of methoxy groups -OCH3 is 1. The summed E-state index contributed by atoms with van der Waals surface area (Å²) >= 11 is 7.61. The Morgan fingerprint density at radius 3 is 2.79 bits per heavy atom. The fourth-order valence-corrected chi connectivity index (χ4v) is 4.92. The molecule has 0 bridgehead atoms. The van der Waals surface area contributed by atoms with Gasteiger partial charge in [-0.1, -0.05) is 35.9 Å². The first-order valence-corrected chi connectivity index (χ1v) is 11.3. The van der Waals surface area contributed by atoms with Crippen LogP contribution in [0, 0.1) is 0 Å². The van der Waals surface area contributed by atoms with Crippen LogP contribution in [-0.2, 0) is 4.74 Å². The van der Waals surface area contributed by atoms with Crippen molar-refractivity contribution in [1.29, 1.82) is 0 Å². The predicted octanol–water partition coefficient (Wildman–Crippen LogP) is 6.06. The van der Waals surface area contributed by atoms with Crippen molar-refractivity contribution in [2.75, 3.05) is 7.11 Å². The average Bonchev–Trinajstić information content (AvgIpc) is 3.58. The zero-order valence-corrected chi connectivity index (χ0v) is 19.4. The van der Waals surface area contributed by atoms with E-state index in [0.29, 0.717) is 15.6 Å². The molecule has 0 radical (unpaired) electrons. The summed E-state index contributed by atoms with van der Waals surface area (Å²) in [6, 6.07) is 15.3. The van der Waals surface area contributed by atoms with E-state index in [1.54, 1.807) is 12.5 Å². The quantitative estimate of drug-likeness (QED) is 0.300. The Bertz CT molecular complexity index is 1440. The summed E-state index contributed by atoms with van der Waals surface area (Å²) in [4.78, 5) is 17.4. The van der Waals surface area contributed by atoms with Crippen LogP contribution in [0.25, 0.3) is 27.2 Å². The fourth-order valence-electron chi connectivity index (χ4n) is 3.64. The molecule has 0 aliphatic carbocycles. The number of carbonyl (C=O) groups is 1. The van der Waals surface area contributed by atoms with Gasteiger partial charge in [-0.2, -0.15) is 5.10 Å². The Balaban J connectivity index is 1.52. The number of imidazole rings is 1. The van der Waals surface area contributed by atoms with Crippen molar-refractivity contribution in [3.05, 3.63) is 82.7 Å². The Kier molecular flexibility index (Phi) is 5.62. The third kappa shape index (κ3) is 3.99. The number of nitrogens with zero attached hydrogens (tertiary/aromatic N) is 3. The van der Waals surface area contributed by atoms with Gasteiger partial charge in [0.05, 0.1) is 24.3 Å². The molecule has 33 heavy (non-hydrogen) atoms. The summed E-state index contributed by atoms with van der Waals surface area (Å²) in [6.45, 7) is 1.89. The molecular formula is C24H19ClN4O3S. The highest BCUT2D eigenvalue weighted by molar-refractivity contribution is 7.16. The number of aromatic amines is 1. The smallest absolute Gasteiger partial charge is 0.351 e. The first-order valence-electron chi connectivity index (χ1n) is 10.1. The molecule has 9 heteroatoms. The molecule has 0 spiro atoms. The van der Waals surface area contributed by atoms with E-state index in [4.69, 9.17) is 21.1 Å². The molecule has 0 fully saturated rings. The minimum atomic E-state index is -0.459. The molecule has 0 saturated carbocycles. The number of aromatic nitrogens is 4. The molecule has 0 amide bonds. The van der Waals surface area contributed by atoms with Gasteiger partial charge >= 0.3 is 5.97 Å². The van der Waals surface area contributed by atoms with Gasteiger partial charge in [-0.3, -0.25) is 9.67 Å². The number of rotatable bonds is 6. The van der Waals surface area contributed by atoms with Crippen molar-refractivity contribution in [3.63, 3.8) is 0 Å². The first kappa shape index (κ1) is 21.2. The third-order valence-electron chi connectivity index (χ3n) is 5.32. The van der Waals surface area contributed by atoms with Gasteiger partial charge in [0.2, 0.25) is 0 Å². The van der Waals surface area contributed by atoms with Crippen molar-refractivity contribution in [1.82, 2.24) is 19.7 Å². The van der Waals surface area contributed by atoms with E-state index in [9.17, 15) is 4.79 Å². The van der Waals surface area contributed by atoms with Crippen molar-refractivity contribution in [3.8, 4) is 21.9 Å². The van der Waals surface area contributed by atoms with Crippen LogP contribution in [0.4, 0.5) is 0 Å². The maximum absolute atomic E-state index is 12.5. The van der Waals surface area contributed by atoms with Gasteiger partial charge < -0.3 is 9.47 Å². The lowest BCUT2D eigenvalue weighted by Crippen LogP contribution is -2.07. The van der Waals surface area contributed by atoms with E-state index in [0.717, 1.165) is 32.7 Å². The highest BCUT2D eigenvalue weighted by atomic mass is 35.5. The van der Waals surface area contributed by atoms with Crippen molar-refractivity contribution >= 4 is 39.9 Å². The SMILES string of the molecule is COC(=O)c1sc(-n2cnc3cc(-c4cn[nH]c4)ccc32)cc1O[C@H](C)c1ccccc1Cl. The molecule has 0 aliphatic heterocycles. The minimum Gasteiger partial charge on any atom is -0.484 e. The summed E-state index contributed by atoms with van der Waals surface area (Å²) in [5.41, 5.74) is 4.57. The Morgan fingerprint density at radius 1 is 1.18 bits per heavy atom. The van der Waals surface area contributed by atoms with Gasteiger partial charge in [0.15, 0.2) is 4.88 Å². The van der Waals surface area contributed by atoms with Gasteiger partial charge in [-0.05, 0) is 30.7 Å². The molecule has 0 aliphatic rings. The van der Waals surface area contributed by atoms with Crippen LogP contribution in [0.15, 0.2) is 67.3 Å². The van der Waals surface area contributed by atoms with Gasteiger partial charge in [0.25, 0.3) is 0 Å². The monoisotopic (exact) mass is 478 g/mol. The largest absolute Gasteiger partial charge is 0.484 e. The van der Waals surface area contributed by atoms with E-state index >= 15 is 0 Å². The lowest BCUT2D eigenvalue weighted by Gasteiger charge is -2.16. The molecule has 5 aromatic rings. The topological polar surface area (TPSA) is 82.0 Å². The zero-order chi connectivity index (χ0) is 22.9. The summed E-state index contributed by atoms with van der Waals surface area (Å²) in [6.07, 6.45) is 4.98. The molecule has 3 aromatic heterocycles. The van der Waals surface area contributed by atoms with Crippen LogP contribution >= 0.6 is 22.9 Å². The number of hydrogen-bond acceptors (Lipinski definition) is 6. The second-order valence-electron chi connectivity index (χ2n) is 7.36. The van der Waals surface area contributed by atoms with E-state index in [-0.39, 0.29) is 6.10 Å². The summed E-state index contributed by atoms with van der Waals surface area (Å²) in [5, 5.41) is 8.22. The van der Waals surface area contributed by atoms with Crippen molar-refractivity contribution in [2.45, 2.75) is 13.0 Å². The second-order valence-corrected chi connectivity index (χ2v) is 8.79. The van der Waals surface area contributed by atoms with Crippen LogP contribution < -0.4 is 4.74 Å². The number of esters is 1. The highest BCUT2D eigenvalue weighted by Gasteiger charge is 2.23. The van der Waals surface area contributed by atoms with Gasteiger partial charge in [-0.15, -0.1) is 11.3 Å². The van der Waals surface area contributed by atoms with Crippen LogP contribution in [0.2, 0.25) is 5.02 Å². The summed E-state index contributed by atoms with van der Waals surface area (Å²) in [5.74, 6) is -0.0228. The van der Waals surface area contributed by atoms with Crippen LogP contribution in [0.3, 0.4) is 0 Å². The second kappa shape index (κ2) is 8.73. The maximum Gasteiger partial charge on any atom is 0.351 e. The van der Waals surface area contributed by atoms with E-state index < -0.39 is 5.97 Å². The number of carbonyl (C=O) groups excluding carboxylic acids is 1. The number of benzene rings is 2. The van der Waals surface area contributed by atoms with E-state index in [2.05, 4.69) is 15.2 Å². The number of ether oxygens (including phenoxy) is 2. The number of H-pyrrole nitrogens is 1. The van der Waals surface area contributed by atoms with Gasteiger partial charge in [0, 0.05) is 28.4 Å². The van der Waals surface area contributed by atoms with Crippen LogP contribution in [0.5, 0.6) is 5.75 Å². The number of nitrogens with one attached hydrogen (secondary N) is 1. The Labute approximate surface area is 198 Å². The number of hydrogen-bond donors (Lipinski definition) is 1. The zero-order valence-electron chi connectivity index (χ0n) is 17.8. The Hall–Kier alpha value is -3.62. The van der Waals surface area contributed by atoms with E-state index in [1.165, 1.54) is 18.4 Å². The first-order chi connectivity index (χ1) is 16.0. The molecule has 1 atom stereocenters. The normalized spacial score (nSPS) is 12.1. The molecule has 0 saturated heterocycles. The molecule has 7 nitrogen and oxygen atoms in total. The average molecular weight is 479 g/mol. The fraction of sp³-hybridized carbons (Fsp3) is 0.125. The van der Waals surface area contributed by atoms with Crippen LogP contribution in [-0.4, -0.2) is 32.8 Å². The molecule has 1 N–H and O–H groups in total. The van der Waals surface area contributed by atoms with Crippen molar-refractivity contribution < 1.29 is 14.3 Å². The summed E-state index contributed by atoms with van der Waals surface area (Å²) < 4.78 is 13.1. The highest BCUT2D eigenvalue weighted by Crippen LogP contribution is 2.37. The standard InChI is InChI=1S/C24H19ClN4O3S/c1-14(17-5-3-4-6-18(17)25)32-21-10-22(33-23(21)24(30)31-2)29-13-26-19-9-15(7-8-20(19)29)16-11-27-28-12-16/h3-14H,1-2H3,(H,27,28)/t14-/m1/s1. The maximum atomic E-state index is 12.5. The number of fused-ring (bicyclic) bond motifs is 1. The van der Waals surface area contributed by atoms with Gasteiger partial charge in [0.1, 0.15) is 23.2 Å². The lowest BCUT2D eigenvalue weighted by atomic mass is 10.1. The predicted molar refractivity (Wildman–Crippen MR) is 128 cm³/mol. The van der Waals surface area contributed by atoms with Gasteiger partial charge in [-0.25, -0.2) is 9.78 Å². The molecule has 0 unspecified atom stereocenters. The molecule has 166 valence electrons. The molecular weight excluding hydrogens is 460 g/mol. The third-order valence-corrected chi connectivity index (χ3v) is 6.76. The lowest BCUT2D eigenvalue weighted by molar-refractivity contribution is 0.0600. The van der Waals surface area contributed by atoms with Crippen molar-refractivity contribution in [2.24, 2.45) is 0 Å². The molecule has 3 heterocycles.